The molecule has 1 saturated heterocycles. The molecule has 2 aliphatic rings. The molecular formula is C19H27N3O2. The third-order valence-electron chi connectivity index (χ3n) is 5.29. The number of benzene rings is 1. The van der Waals surface area contributed by atoms with E-state index >= 15 is 0 Å². The molecule has 5 nitrogen and oxygen atoms in total. The van der Waals surface area contributed by atoms with Gasteiger partial charge >= 0.3 is 0 Å². The van der Waals surface area contributed by atoms with Crippen LogP contribution >= 0.6 is 0 Å². The standard InChI is InChI=1S/C19H27N3O2/c1-2-16(14-6-4-3-5-7-14)17(23)22-12-8-15(9-13-22)21-18(24)19(20)10-11-19/h3-7,15-16H,2,8-13,20H2,1H3,(H,21,24). The van der Waals surface area contributed by atoms with E-state index in [0.717, 1.165) is 37.7 Å². The Kier molecular flexibility index (Phi) is 4.90. The second-order valence-electron chi connectivity index (χ2n) is 7.10. The topological polar surface area (TPSA) is 75.4 Å². The van der Waals surface area contributed by atoms with Crippen LogP contribution in [0.5, 0.6) is 0 Å². The monoisotopic (exact) mass is 329 g/mol. The summed E-state index contributed by atoms with van der Waals surface area (Å²) >= 11 is 0. The van der Waals surface area contributed by atoms with Gasteiger partial charge in [-0.2, -0.15) is 0 Å². The molecule has 1 heterocycles. The zero-order valence-corrected chi connectivity index (χ0v) is 14.3. The van der Waals surface area contributed by atoms with E-state index in [9.17, 15) is 9.59 Å². The number of likely N-dealkylation sites (tertiary alicyclic amines) is 1. The molecule has 1 aliphatic heterocycles. The van der Waals surface area contributed by atoms with E-state index in [0.29, 0.717) is 13.1 Å². The number of hydrogen-bond acceptors (Lipinski definition) is 3. The summed E-state index contributed by atoms with van der Waals surface area (Å²) in [4.78, 5) is 26.8. The molecule has 1 aromatic carbocycles. The van der Waals surface area contributed by atoms with E-state index in [2.05, 4.69) is 12.2 Å². The van der Waals surface area contributed by atoms with Crippen LogP contribution in [0.1, 0.15) is 50.5 Å². The van der Waals surface area contributed by atoms with Gasteiger partial charge in [0.1, 0.15) is 0 Å². The number of hydrogen-bond donors (Lipinski definition) is 2. The van der Waals surface area contributed by atoms with Crippen LogP contribution in [0.15, 0.2) is 30.3 Å². The number of rotatable bonds is 5. The van der Waals surface area contributed by atoms with Crippen LogP contribution < -0.4 is 11.1 Å². The predicted octanol–water partition coefficient (Wildman–Crippen LogP) is 1.78. The van der Waals surface area contributed by atoms with Gasteiger partial charge in [0.05, 0.1) is 11.5 Å². The number of nitrogens with one attached hydrogen (secondary N) is 1. The van der Waals surface area contributed by atoms with Gasteiger partial charge in [-0.05, 0) is 37.7 Å². The first-order chi connectivity index (χ1) is 11.5. The highest BCUT2D eigenvalue weighted by atomic mass is 16.2. The molecule has 1 unspecified atom stereocenters. The quantitative estimate of drug-likeness (QED) is 0.864. The van der Waals surface area contributed by atoms with Gasteiger partial charge in [0.25, 0.3) is 0 Å². The van der Waals surface area contributed by atoms with Gasteiger partial charge in [-0.25, -0.2) is 0 Å². The first-order valence-electron chi connectivity index (χ1n) is 8.97. The van der Waals surface area contributed by atoms with E-state index < -0.39 is 5.54 Å². The molecule has 1 aliphatic carbocycles. The van der Waals surface area contributed by atoms with Crippen molar-refractivity contribution < 1.29 is 9.59 Å². The van der Waals surface area contributed by atoms with Crippen LogP contribution in [0, 0.1) is 0 Å². The molecule has 130 valence electrons. The zero-order valence-electron chi connectivity index (χ0n) is 14.3. The Morgan fingerprint density at radius 1 is 1.25 bits per heavy atom. The molecule has 3 N–H and O–H groups in total. The molecule has 2 fully saturated rings. The summed E-state index contributed by atoms with van der Waals surface area (Å²) in [6.07, 6.45) is 3.98. The summed E-state index contributed by atoms with van der Waals surface area (Å²) in [5, 5.41) is 3.05. The maximum Gasteiger partial charge on any atom is 0.240 e. The van der Waals surface area contributed by atoms with Gasteiger partial charge in [-0.15, -0.1) is 0 Å². The fourth-order valence-electron chi connectivity index (χ4n) is 3.39. The average Bonchev–Trinajstić information content (AvgIpc) is 3.36. The first-order valence-corrected chi connectivity index (χ1v) is 8.97. The molecule has 1 saturated carbocycles. The highest BCUT2D eigenvalue weighted by Crippen LogP contribution is 2.32. The normalized spacial score (nSPS) is 21.2. The predicted molar refractivity (Wildman–Crippen MR) is 93.4 cm³/mol. The Morgan fingerprint density at radius 2 is 1.88 bits per heavy atom. The number of nitrogens with two attached hydrogens (primary N) is 1. The van der Waals surface area contributed by atoms with Crippen molar-refractivity contribution in [3.05, 3.63) is 35.9 Å². The number of amides is 2. The van der Waals surface area contributed by atoms with Crippen molar-refractivity contribution in [2.45, 2.75) is 56.5 Å². The molecule has 3 rings (SSSR count). The van der Waals surface area contributed by atoms with E-state index in [1.54, 1.807) is 0 Å². The van der Waals surface area contributed by atoms with Crippen LogP contribution in [-0.4, -0.2) is 41.4 Å². The minimum Gasteiger partial charge on any atom is -0.352 e. The first kappa shape index (κ1) is 17.0. The van der Waals surface area contributed by atoms with E-state index in [4.69, 9.17) is 5.73 Å². The number of carbonyl (C=O) groups excluding carboxylic acids is 2. The number of piperidine rings is 1. The van der Waals surface area contributed by atoms with Crippen molar-refractivity contribution in [2.75, 3.05) is 13.1 Å². The molecule has 0 bridgehead atoms. The highest BCUT2D eigenvalue weighted by molar-refractivity contribution is 5.89. The summed E-state index contributed by atoms with van der Waals surface area (Å²) in [5.41, 5.74) is 6.39. The van der Waals surface area contributed by atoms with E-state index in [-0.39, 0.29) is 23.8 Å². The maximum absolute atomic E-state index is 12.8. The third kappa shape index (κ3) is 3.61. The van der Waals surface area contributed by atoms with Gasteiger partial charge in [0.15, 0.2) is 0 Å². The average molecular weight is 329 g/mol. The van der Waals surface area contributed by atoms with E-state index in [1.165, 1.54) is 0 Å². The van der Waals surface area contributed by atoms with Crippen LogP contribution in [0.3, 0.4) is 0 Å². The molecule has 0 radical (unpaired) electrons. The molecule has 1 atom stereocenters. The summed E-state index contributed by atoms with van der Waals surface area (Å²) in [5.74, 6) is 0.102. The Hall–Kier alpha value is -1.88. The van der Waals surface area contributed by atoms with Crippen LogP contribution in [0.4, 0.5) is 0 Å². The second kappa shape index (κ2) is 6.93. The van der Waals surface area contributed by atoms with Crippen molar-refractivity contribution in [2.24, 2.45) is 5.73 Å². The van der Waals surface area contributed by atoms with E-state index in [1.807, 2.05) is 35.2 Å². The van der Waals surface area contributed by atoms with Gasteiger partial charge in [0.2, 0.25) is 11.8 Å². The molecule has 2 amide bonds. The van der Waals surface area contributed by atoms with Gasteiger partial charge < -0.3 is 16.0 Å². The molecule has 24 heavy (non-hydrogen) atoms. The minimum absolute atomic E-state index is 0.0250. The van der Waals surface area contributed by atoms with Gasteiger partial charge in [0, 0.05) is 19.1 Å². The minimum atomic E-state index is -0.617. The second-order valence-corrected chi connectivity index (χ2v) is 7.10. The Bertz CT molecular complexity index is 590. The summed E-state index contributed by atoms with van der Waals surface area (Å²) < 4.78 is 0. The third-order valence-corrected chi connectivity index (χ3v) is 5.29. The Morgan fingerprint density at radius 3 is 2.42 bits per heavy atom. The summed E-state index contributed by atoms with van der Waals surface area (Å²) in [6.45, 7) is 3.45. The lowest BCUT2D eigenvalue weighted by Gasteiger charge is -2.35. The Balaban J connectivity index is 1.54. The van der Waals surface area contributed by atoms with Crippen molar-refractivity contribution in [1.82, 2.24) is 10.2 Å². The molecule has 1 aromatic rings. The molecule has 5 heteroatoms. The number of carbonyl (C=O) groups is 2. The lowest BCUT2D eigenvalue weighted by atomic mass is 9.93. The molecular weight excluding hydrogens is 302 g/mol. The summed E-state index contributed by atoms with van der Waals surface area (Å²) in [7, 11) is 0. The Labute approximate surface area is 143 Å². The zero-order chi connectivity index (χ0) is 17.2. The highest BCUT2D eigenvalue weighted by Gasteiger charge is 2.46. The largest absolute Gasteiger partial charge is 0.352 e. The number of nitrogens with zero attached hydrogens (tertiary/aromatic N) is 1. The fourth-order valence-corrected chi connectivity index (χ4v) is 3.39. The lowest BCUT2D eigenvalue weighted by Crippen LogP contribution is -2.52. The molecule has 0 spiro atoms. The van der Waals surface area contributed by atoms with Crippen molar-refractivity contribution in [3.63, 3.8) is 0 Å². The van der Waals surface area contributed by atoms with Gasteiger partial charge in [-0.3, -0.25) is 9.59 Å². The van der Waals surface area contributed by atoms with Crippen LogP contribution in [0.25, 0.3) is 0 Å². The van der Waals surface area contributed by atoms with Crippen molar-refractivity contribution in [3.8, 4) is 0 Å². The lowest BCUT2D eigenvalue weighted by molar-refractivity contribution is -0.134. The van der Waals surface area contributed by atoms with Crippen molar-refractivity contribution in [1.29, 1.82) is 0 Å². The fraction of sp³-hybridized carbons (Fsp3) is 0.579. The van der Waals surface area contributed by atoms with Crippen LogP contribution in [-0.2, 0) is 9.59 Å². The SMILES string of the molecule is CCC(C(=O)N1CCC(NC(=O)C2(N)CC2)CC1)c1ccccc1. The van der Waals surface area contributed by atoms with Gasteiger partial charge in [-0.1, -0.05) is 37.3 Å². The van der Waals surface area contributed by atoms with Crippen LogP contribution in [0.2, 0.25) is 0 Å². The smallest absolute Gasteiger partial charge is 0.240 e. The maximum atomic E-state index is 12.8. The van der Waals surface area contributed by atoms with Crippen molar-refractivity contribution >= 4 is 11.8 Å². The summed E-state index contributed by atoms with van der Waals surface area (Å²) in [6, 6.07) is 10.1. The molecule has 0 aromatic heterocycles.